The number of amides is 1. The van der Waals surface area contributed by atoms with Gasteiger partial charge in [-0.15, -0.1) is 0 Å². The standard InChI is InChI=1S/C19H22N2O7/c1-12-4-3-5-13(2)20(12)18(22)10-26-19(23)7-6-14-8-16-17(28-11-27-16)9-15(14)21(24)25/h6-9,12-13H,3-5,10-11H2,1-2H3/b7-6+/t12-,13-/m0/s1. The van der Waals surface area contributed by atoms with Crippen LogP contribution < -0.4 is 9.47 Å². The average molecular weight is 390 g/mol. The van der Waals surface area contributed by atoms with Crippen LogP contribution in [-0.2, 0) is 14.3 Å². The number of nitro groups is 1. The summed E-state index contributed by atoms with van der Waals surface area (Å²) in [4.78, 5) is 36.8. The quantitative estimate of drug-likeness (QED) is 0.329. The van der Waals surface area contributed by atoms with Crippen molar-refractivity contribution in [3.63, 3.8) is 0 Å². The summed E-state index contributed by atoms with van der Waals surface area (Å²) in [5, 5.41) is 11.2. The van der Waals surface area contributed by atoms with Gasteiger partial charge in [-0.1, -0.05) is 0 Å². The zero-order valence-electron chi connectivity index (χ0n) is 15.8. The van der Waals surface area contributed by atoms with Crippen molar-refractivity contribution in [2.24, 2.45) is 0 Å². The van der Waals surface area contributed by atoms with E-state index in [1.807, 2.05) is 13.8 Å². The van der Waals surface area contributed by atoms with Crippen LogP contribution in [0.4, 0.5) is 5.69 Å². The topological polar surface area (TPSA) is 108 Å². The summed E-state index contributed by atoms with van der Waals surface area (Å²) < 4.78 is 15.4. The molecular weight excluding hydrogens is 368 g/mol. The van der Waals surface area contributed by atoms with Crippen molar-refractivity contribution in [1.29, 1.82) is 0 Å². The van der Waals surface area contributed by atoms with Crippen molar-refractivity contribution in [2.45, 2.75) is 45.2 Å². The Labute approximate surface area is 162 Å². The van der Waals surface area contributed by atoms with Crippen LogP contribution in [-0.4, -0.2) is 47.2 Å². The number of ether oxygens (including phenoxy) is 3. The smallest absolute Gasteiger partial charge is 0.331 e. The summed E-state index contributed by atoms with van der Waals surface area (Å²) >= 11 is 0. The second-order valence-electron chi connectivity index (χ2n) is 6.89. The number of hydrogen-bond donors (Lipinski definition) is 0. The van der Waals surface area contributed by atoms with Gasteiger partial charge in [0.1, 0.15) is 0 Å². The van der Waals surface area contributed by atoms with E-state index in [9.17, 15) is 19.7 Å². The van der Waals surface area contributed by atoms with Gasteiger partial charge in [0.15, 0.2) is 18.1 Å². The lowest BCUT2D eigenvalue weighted by Crippen LogP contribution is -2.49. The highest BCUT2D eigenvalue weighted by Gasteiger charge is 2.29. The Bertz CT molecular complexity index is 811. The lowest BCUT2D eigenvalue weighted by Gasteiger charge is -2.38. The fourth-order valence-electron chi connectivity index (χ4n) is 3.56. The third-order valence-electron chi connectivity index (χ3n) is 4.94. The van der Waals surface area contributed by atoms with Crippen molar-refractivity contribution in [3.8, 4) is 11.5 Å². The molecule has 1 aromatic carbocycles. The van der Waals surface area contributed by atoms with Crippen molar-refractivity contribution < 1.29 is 28.7 Å². The molecule has 0 spiro atoms. The molecule has 9 nitrogen and oxygen atoms in total. The van der Waals surface area contributed by atoms with Crippen LogP contribution in [0, 0.1) is 10.1 Å². The van der Waals surface area contributed by atoms with E-state index in [2.05, 4.69) is 0 Å². The molecule has 1 fully saturated rings. The molecule has 0 aliphatic carbocycles. The van der Waals surface area contributed by atoms with Crippen molar-refractivity contribution >= 4 is 23.6 Å². The molecule has 0 bridgehead atoms. The third-order valence-corrected chi connectivity index (χ3v) is 4.94. The van der Waals surface area contributed by atoms with E-state index in [1.165, 1.54) is 18.2 Å². The van der Waals surface area contributed by atoms with E-state index >= 15 is 0 Å². The minimum atomic E-state index is -0.752. The molecule has 2 aliphatic rings. The highest BCUT2D eigenvalue weighted by Crippen LogP contribution is 2.38. The SMILES string of the molecule is C[C@H]1CCC[C@H](C)N1C(=O)COC(=O)/C=C/c1cc2c(cc1[N+](=O)[O-])OCO2. The highest BCUT2D eigenvalue weighted by atomic mass is 16.7. The maximum atomic E-state index is 12.4. The molecule has 2 heterocycles. The number of carbonyl (C=O) groups is 2. The molecule has 1 saturated heterocycles. The Balaban J connectivity index is 1.63. The normalized spacial score (nSPS) is 21.0. The van der Waals surface area contributed by atoms with Gasteiger partial charge in [-0.2, -0.15) is 0 Å². The molecule has 1 aromatic rings. The van der Waals surface area contributed by atoms with Gasteiger partial charge >= 0.3 is 5.97 Å². The Hall–Kier alpha value is -3.10. The first-order valence-corrected chi connectivity index (χ1v) is 9.11. The van der Waals surface area contributed by atoms with Crippen LogP contribution in [0.3, 0.4) is 0 Å². The Morgan fingerprint density at radius 1 is 1.25 bits per heavy atom. The highest BCUT2D eigenvalue weighted by molar-refractivity contribution is 5.90. The Kier molecular flexibility index (Phi) is 5.81. The van der Waals surface area contributed by atoms with Gasteiger partial charge in [0.05, 0.1) is 16.6 Å². The molecule has 0 aromatic heterocycles. The first kappa shape index (κ1) is 19.7. The molecule has 2 aliphatic heterocycles. The van der Waals surface area contributed by atoms with Gasteiger partial charge in [-0.3, -0.25) is 14.9 Å². The molecule has 2 atom stereocenters. The van der Waals surface area contributed by atoms with Crippen LogP contribution in [0.2, 0.25) is 0 Å². The lowest BCUT2D eigenvalue weighted by molar-refractivity contribution is -0.385. The van der Waals surface area contributed by atoms with Crippen LogP contribution >= 0.6 is 0 Å². The monoisotopic (exact) mass is 390 g/mol. The number of hydrogen-bond acceptors (Lipinski definition) is 7. The third kappa shape index (κ3) is 4.24. The van der Waals surface area contributed by atoms with Gasteiger partial charge in [-0.05, 0) is 45.3 Å². The summed E-state index contributed by atoms with van der Waals surface area (Å²) in [7, 11) is 0. The molecule has 0 N–H and O–H groups in total. The molecule has 9 heteroatoms. The van der Waals surface area contributed by atoms with E-state index in [0.29, 0.717) is 5.75 Å². The van der Waals surface area contributed by atoms with Gasteiger partial charge in [-0.25, -0.2) is 4.79 Å². The van der Waals surface area contributed by atoms with Gasteiger partial charge in [0.25, 0.3) is 11.6 Å². The largest absolute Gasteiger partial charge is 0.454 e. The fraction of sp³-hybridized carbons (Fsp3) is 0.474. The zero-order valence-corrected chi connectivity index (χ0v) is 15.8. The van der Waals surface area contributed by atoms with Crippen LogP contribution in [0.1, 0.15) is 38.7 Å². The van der Waals surface area contributed by atoms with Gasteiger partial charge < -0.3 is 19.1 Å². The molecule has 28 heavy (non-hydrogen) atoms. The zero-order chi connectivity index (χ0) is 20.3. The Morgan fingerprint density at radius 3 is 2.54 bits per heavy atom. The molecule has 0 unspecified atom stereocenters. The molecule has 3 rings (SSSR count). The summed E-state index contributed by atoms with van der Waals surface area (Å²) in [5.41, 5.74) is -0.0452. The summed E-state index contributed by atoms with van der Waals surface area (Å²) in [5.74, 6) is -0.350. The second kappa shape index (κ2) is 8.28. The number of likely N-dealkylation sites (tertiary alicyclic amines) is 1. The summed E-state index contributed by atoms with van der Waals surface area (Å²) in [6, 6.07) is 2.89. The van der Waals surface area contributed by atoms with E-state index in [0.717, 1.165) is 25.3 Å². The first-order valence-electron chi connectivity index (χ1n) is 9.11. The van der Waals surface area contributed by atoms with E-state index in [-0.39, 0.29) is 48.4 Å². The minimum Gasteiger partial charge on any atom is -0.454 e. The molecule has 0 radical (unpaired) electrons. The fourth-order valence-corrected chi connectivity index (χ4v) is 3.56. The number of rotatable bonds is 5. The number of esters is 1. The number of fused-ring (bicyclic) bond motifs is 1. The number of piperidine rings is 1. The van der Waals surface area contributed by atoms with E-state index in [4.69, 9.17) is 14.2 Å². The van der Waals surface area contributed by atoms with E-state index in [1.54, 1.807) is 4.90 Å². The summed E-state index contributed by atoms with van der Waals surface area (Å²) in [6.45, 7) is 3.58. The average Bonchev–Trinajstić information content (AvgIpc) is 3.11. The predicted octanol–water partition coefficient (Wildman–Crippen LogP) is 2.67. The molecule has 1 amide bonds. The van der Waals surface area contributed by atoms with Crippen LogP contribution in [0.25, 0.3) is 6.08 Å². The maximum Gasteiger partial charge on any atom is 0.331 e. The van der Waals surface area contributed by atoms with Crippen LogP contribution in [0.5, 0.6) is 11.5 Å². The number of benzene rings is 1. The predicted molar refractivity (Wildman–Crippen MR) is 98.8 cm³/mol. The van der Waals surface area contributed by atoms with Crippen molar-refractivity contribution in [1.82, 2.24) is 4.90 Å². The lowest BCUT2D eigenvalue weighted by atomic mass is 9.97. The number of nitrogens with zero attached hydrogens (tertiary/aromatic N) is 2. The molecular formula is C19H22N2O7. The van der Waals surface area contributed by atoms with Gasteiger partial charge in [0, 0.05) is 18.2 Å². The number of carbonyl (C=O) groups excluding carboxylic acids is 2. The van der Waals surface area contributed by atoms with Crippen molar-refractivity contribution in [2.75, 3.05) is 13.4 Å². The molecule has 0 saturated carbocycles. The van der Waals surface area contributed by atoms with E-state index < -0.39 is 10.9 Å². The summed E-state index contributed by atoms with van der Waals surface area (Å²) in [6.07, 6.45) is 5.25. The first-order chi connectivity index (χ1) is 13.4. The van der Waals surface area contributed by atoms with Crippen LogP contribution in [0.15, 0.2) is 18.2 Å². The second-order valence-corrected chi connectivity index (χ2v) is 6.89. The Morgan fingerprint density at radius 2 is 1.89 bits per heavy atom. The number of nitro benzene ring substituents is 1. The molecule has 150 valence electrons. The van der Waals surface area contributed by atoms with Gasteiger partial charge in [0.2, 0.25) is 6.79 Å². The minimum absolute atomic E-state index is 0.0167. The van der Waals surface area contributed by atoms with Crippen molar-refractivity contribution in [3.05, 3.63) is 33.9 Å². The maximum absolute atomic E-state index is 12.4.